The molecule has 2 unspecified atom stereocenters. The number of likely N-dealkylation sites (tertiary alicyclic amines) is 1. The SMILES string of the molecule is COC(=O)CCCC(=O)NC(N)(C(=O)OCNCc1cccc(OC)c1)C(CC(=O)N1CCCCC1)C[C@@H](C)c1ccccc1. The van der Waals surface area contributed by atoms with E-state index in [1.165, 1.54) is 7.11 Å². The van der Waals surface area contributed by atoms with E-state index in [2.05, 4.69) is 15.4 Å². The lowest BCUT2D eigenvalue weighted by Gasteiger charge is -2.38. The Morgan fingerprint density at radius 1 is 0.978 bits per heavy atom. The molecule has 3 atom stereocenters. The molecule has 1 aliphatic heterocycles. The summed E-state index contributed by atoms with van der Waals surface area (Å²) in [5.74, 6) is -2.08. The molecule has 1 aliphatic rings. The Morgan fingerprint density at radius 3 is 2.40 bits per heavy atom. The number of amides is 2. The molecule has 0 aromatic heterocycles. The number of carbonyl (C=O) groups excluding carboxylic acids is 4. The van der Waals surface area contributed by atoms with Crippen LogP contribution in [0, 0.1) is 5.92 Å². The molecule has 0 aliphatic carbocycles. The van der Waals surface area contributed by atoms with Gasteiger partial charge in [-0.15, -0.1) is 0 Å². The first kappa shape index (κ1) is 35.5. The van der Waals surface area contributed by atoms with E-state index >= 15 is 0 Å². The van der Waals surface area contributed by atoms with Crippen molar-refractivity contribution in [3.8, 4) is 5.75 Å². The average molecular weight is 625 g/mol. The zero-order valence-corrected chi connectivity index (χ0v) is 26.7. The number of methoxy groups -OCH3 is 2. The number of piperidine rings is 1. The zero-order valence-electron chi connectivity index (χ0n) is 26.7. The minimum absolute atomic E-state index is 0.0392. The van der Waals surface area contributed by atoms with Gasteiger partial charge in [0, 0.05) is 44.8 Å². The molecule has 0 spiro atoms. The largest absolute Gasteiger partial charge is 0.497 e. The van der Waals surface area contributed by atoms with Gasteiger partial charge in [-0.1, -0.05) is 49.4 Å². The van der Waals surface area contributed by atoms with Crippen molar-refractivity contribution in [2.24, 2.45) is 11.7 Å². The number of esters is 2. The zero-order chi connectivity index (χ0) is 32.7. The highest BCUT2D eigenvalue weighted by molar-refractivity contribution is 5.89. The Balaban J connectivity index is 1.82. The van der Waals surface area contributed by atoms with Crippen molar-refractivity contribution in [3.63, 3.8) is 0 Å². The average Bonchev–Trinajstić information content (AvgIpc) is 3.06. The summed E-state index contributed by atoms with van der Waals surface area (Å²) in [5, 5.41) is 5.79. The summed E-state index contributed by atoms with van der Waals surface area (Å²) in [7, 11) is 2.87. The summed E-state index contributed by atoms with van der Waals surface area (Å²) < 4.78 is 15.6. The summed E-state index contributed by atoms with van der Waals surface area (Å²) >= 11 is 0. The van der Waals surface area contributed by atoms with Crippen molar-refractivity contribution in [1.29, 1.82) is 0 Å². The van der Waals surface area contributed by atoms with Crippen LogP contribution < -0.4 is 21.1 Å². The van der Waals surface area contributed by atoms with E-state index in [4.69, 9.17) is 15.2 Å². The van der Waals surface area contributed by atoms with Crippen LogP contribution in [0.3, 0.4) is 0 Å². The second kappa shape index (κ2) is 18.1. The van der Waals surface area contributed by atoms with Gasteiger partial charge in [0.1, 0.15) is 12.5 Å². The van der Waals surface area contributed by atoms with Crippen LogP contribution in [0.5, 0.6) is 5.75 Å². The molecule has 1 fully saturated rings. The highest BCUT2D eigenvalue weighted by Crippen LogP contribution is 2.32. The third kappa shape index (κ3) is 11.2. The molecule has 11 nitrogen and oxygen atoms in total. The molecule has 3 rings (SSSR count). The highest BCUT2D eigenvalue weighted by Gasteiger charge is 2.47. The van der Waals surface area contributed by atoms with Crippen LogP contribution >= 0.6 is 0 Å². The predicted octanol–water partition coefficient (Wildman–Crippen LogP) is 3.61. The normalized spacial score (nSPS) is 15.7. The Bertz CT molecular complexity index is 1250. The number of hydrogen-bond acceptors (Lipinski definition) is 9. The summed E-state index contributed by atoms with van der Waals surface area (Å²) in [5.41, 5.74) is 6.80. The van der Waals surface area contributed by atoms with Crippen molar-refractivity contribution in [2.75, 3.05) is 34.0 Å². The summed E-state index contributed by atoms with van der Waals surface area (Å²) in [6.07, 6.45) is 3.40. The van der Waals surface area contributed by atoms with Gasteiger partial charge in [0.25, 0.3) is 0 Å². The Hall–Kier alpha value is -3.96. The first-order valence-corrected chi connectivity index (χ1v) is 15.7. The lowest BCUT2D eigenvalue weighted by atomic mass is 9.80. The minimum atomic E-state index is -2.01. The van der Waals surface area contributed by atoms with Crippen LogP contribution in [0.4, 0.5) is 0 Å². The molecule has 2 amide bonds. The fourth-order valence-electron chi connectivity index (χ4n) is 5.58. The van der Waals surface area contributed by atoms with Crippen LogP contribution in [0.25, 0.3) is 0 Å². The Kier molecular flexibility index (Phi) is 14.3. The van der Waals surface area contributed by atoms with Crippen LogP contribution in [0.2, 0.25) is 0 Å². The number of benzene rings is 2. The molecule has 0 bridgehead atoms. The van der Waals surface area contributed by atoms with Crippen LogP contribution in [0.15, 0.2) is 54.6 Å². The Morgan fingerprint density at radius 2 is 1.71 bits per heavy atom. The quantitative estimate of drug-likeness (QED) is 0.136. The van der Waals surface area contributed by atoms with E-state index < -0.39 is 29.4 Å². The van der Waals surface area contributed by atoms with Gasteiger partial charge in [0.2, 0.25) is 11.8 Å². The number of nitrogens with one attached hydrogen (secondary N) is 2. The van der Waals surface area contributed by atoms with Gasteiger partial charge < -0.3 is 24.4 Å². The predicted molar refractivity (Wildman–Crippen MR) is 170 cm³/mol. The molecule has 1 saturated heterocycles. The number of nitrogens with zero attached hydrogens (tertiary/aromatic N) is 1. The molecule has 0 saturated carbocycles. The Labute approximate surface area is 266 Å². The first-order chi connectivity index (χ1) is 21.7. The maximum absolute atomic E-state index is 13.8. The van der Waals surface area contributed by atoms with Crippen molar-refractivity contribution in [3.05, 3.63) is 65.7 Å². The van der Waals surface area contributed by atoms with Gasteiger partial charge in [0.05, 0.1) is 14.2 Å². The fourth-order valence-corrected chi connectivity index (χ4v) is 5.58. The molecule has 11 heteroatoms. The lowest BCUT2D eigenvalue weighted by Crippen LogP contribution is -2.67. The smallest absolute Gasteiger partial charge is 0.348 e. The van der Waals surface area contributed by atoms with E-state index in [0.29, 0.717) is 31.8 Å². The molecular weight excluding hydrogens is 576 g/mol. The standard InChI is InChI=1S/C34H48N4O7/c1-25(27-13-6-4-7-14-27)20-28(22-31(40)38-18-8-5-9-19-38)34(35,37-30(39)16-11-17-32(41)44-3)33(42)45-24-36-23-26-12-10-15-29(21-26)43-2/h4,6-7,10,12-15,21,25,28,36H,5,8-9,11,16-20,22-24,35H2,1-3H3,(H,37,39)/t25-,28?,34?/m1/s1. The summed E-state index contributed by atoms with van der Waals surface area (Å²) in [6.45, 7) is 3.52. The van der Waals surface area contributed by atoms with E-state index in [1.54, 1.807) is 7.11 Å². The molecule has 2 aromatic carbocycles. The van der Waals surface area contributed by atoms with Crippen molar-refractivity contribution < 1.29 is 33.4 Å². The van der Waals surface area contributed by atoms with E-state index in [-0.39, 0.29) is 44.2 Å². The molecule has 2 aromatic rings. The second-order valence-corrected chi connectivity index (χ2v) is 11.6. The molecule has 4 N–H and O–H groups in total. The highest BCUT2D eigenvalue weighted by atomic mass is 16.5. The van der Waals surface area contributed by atoms with Gasteiger partial charge in [-0.3, -0.25) is 25.4 Å². The first-order valence-electron chi connectivity index (χ1n) is 15.7. The van der Waals surface area contributed by atoms with E-state index in [1.807, 2.05) is 66.4 Å². The molecule has 1 heterocycles. The topological polar surface area (TPSA) is 149 Å². The summed E-state index contributed by atoms with van der Waals surface area (Å²) in [4.78, 5) is 54.0. The molecule has 0 radical (unpaired) electrons. The maximum atomic E-state index is 13.8. The number of hydrogen-bond donors (Lipinski definition) is 3. The lowest BCUT2D eigenvalue weighted by molar-refractivity contribution is -0.158. The van der Waals surface area contributed by atoms with Crippen molar-refractivity contribution in [1.82, 2.24) is 15.5 Å². The van der Waals surface area contributed by atoms with Gasteiger partial charge in [-0.25, -0.2) is 4.79 Å². The third-order valence-electron chi connectivity index (χ3n) is 8.25. The molecule has 45 heavy (non-hydrogen) atoms. The van der Waals surface area contributed by atoms with E-state index in [9.17, 15) is 19.2 Å². The summed E-state index contributed by atoms with van der Waals surface area (Å²) in [6, 6.07) is 17.2. The van der Waals surface area contributed by atoms with Crippen molar-refractivity contribution in [2.45, 2.75) is 76.4 Å². The van der Waals surface area contributed by atoms with Crippen LogP contribution in [-0.2, 0) is 35.2 Å². The molecule has 246 valence electrons. The number of rotatable bonds is 17. The maximum Gasteiger partial charge on any atom is 0.348 e. The number of ether oxygens (including phenoxy) is 3. The van der Waals surface area contributed by atoms with Crippen LogP contribution in [0.1, 0.15) is 75.3 Å². The van der Waals surface area contributed by atoms with Gasteiger partial charge >= 0.3 is 11.9 Å². The van der Waals surface area contributed by atoms with Crippen molar-refractivity contribution >= 4 is 23.8 Å². The minimum Gasteiger partial charge on any atom is -0.497 e. The van der Waals surface area contributed by atoms with E-state index in [0.717, 1.165) is 30.4 Å². The van der Waals surface area contributed by atoms with Gasteiger partial charge in [0.15, 0.2) is 5.66 Å². The monoisotopic (exact) mass is 624 g/mol. The molecular formula is C34H48N4O7. The second-order valence-electron chi connectivity index (χ2n) is 11.6. The van der Waals surface area contributed by atoms with Gasteiger partial charge in [-0.05, 0) is 61.3 Å². The fraction of sp³-hybridized carbons (Fsp3) is 0.529. The van der Waals surface area contributed by atoms with Gasteiger partial charge in [-0.2, -0.15) is 0 Å². The number of carbonyl (C=O) groups is 4. The third-order valence-corrected chi connectivity index (χ3v) is 8.25. The number of nitrogens with two attached hydrogens (primary N) is 1. The van der Waals surface area contributed by atoms with Crippen LogP contribution in [-0.4, -0.2) is 68.4 Å².